The quantitative estimate of drug-likeness (QED) is 0.608. The average Bonchev–Trinajstić information content (AvgIpc) is 2.64. The third-order valence-electron chi connectivity index (χ3n) is 1.79. The zero-order valence-electron chi connectivity index (χ0n) is 5.61. The van der Waals surface area contributed by atoms with E-state index in [0.29, 0.717) is 0 Å². The van der Waals surface area contributed by atoms with Gasteiger partial charge in [-0.15, -0.1) is 0 Å². The van der Waals surface area contributed by atoms with Crippen LogP contribution in [0.3, 0.4) is 0 Å². The van der Waals surface area contributed by atoms with Crippen molar-refractivity contribution in [1.82, 2.24) is 5.32 Å². The number of hydrogen-bond acceptors (Lipinski definition) is 2. The number of alkyl halides is 2. The number of aliphatic hydroxyl groups is 1. The van der Waals surface area contributed by atoms with Gasteiger partial charge in [0.05, 0.1) is 13.2 Å². The minimum atomic E-state index is -2.32. The average molecular weight is 151 g/mol. The minimum absolute atomic E-state index is 0.0281. The summed E-state index contributed by atoms with van der Waals surface area (Å²) in [6.07, 6.45) is -0.684. The molecule has 0 bridgehead atoms. The molecule has 2 nitrogen and oxygen atoms in total. The van der Waals surface area contributed by atoms with E-state index in [-0.39, 0.29) is 18.7 Å². The van der Waals surface area contributed by atoms with Crippen LogP contribution in [-0.2, 0) is 0 Å². The summed E-state index contributed by atoms with van der Waals surface area (Å²) in [5.74, 6) is 0. The third kappa shape index (κ3) is 1.88. The first-order valence-corrected chi connectivity index (χ1v) is 3.33. The van der Waals surface area contributed by atoms with Crippen LogP contribution in [0.15, 0.2) is 0 Å². The Labute approximate surface area is 58.2 Å². The third-order valence-corrected chi connectivity index (χ3v) is 1.79. The van der Waals surface area contributed by atoms with E-state index in [2.05, 4.69) is 5.32 Å². The van der Waals surface area contributed by atoms with Crippen molar-refractivity contribution in [1.29, 1.82) is 0 Å². The Morgan fingerprint density at radius 1 is 1.50 bits per heavy atom. The van der Waals surface area contributed by atoms with Crippen LogP contribution in [0.1, 0.15) is 12.8 Å². The van der Waals surface area contributed by atoms with Crippen LogP contribution in [-0.4, -0.2) is 30.2 Å². The second-order valence-electron chi connectivity index (χ2n) is 2.71. The fourth-order valence-electron chi connectivity index (χ4n) is 0.835. The second kappa shape index (κ2) is 2.80. The van der Waals surface area contributed by atoms with Crippen molar-refractivity contribution in [3.05, 3.63) is 0 Å². The lowest BCUT2D eigenvalue weighted by atomic mass is 10.3. The molecule has 0 aliphatic heterocycles. The number of rotatable bonds is 4. The maximum atomic E-state index is 11.6. The van der Waals surface area contributed by atoms with Crippen LogP contribution in [0.5, 0.6) is 0 Å². The van der Waals surface area contributed by atoms with E-state index in [1.54, 1.807) is 0 Å². The van der Waals surface area contributed by atoms with E-state index < -0.39 is 6.43 Å². The summed E-state index contributed by atoms with van der Waals surface area (Å²) in [6.45, 7) is -0.333. The molecule has 1 rings (SSSR count). The van der Waals surface area contributed by atoms with Gasteiger partial charge in [0.1, 0.15) is 0 Å². The molecule has 4 heteroatoms. The fraction of sp³-hybridized carbons (Fsp3) is 1.00. The van der Waals surface area contributed by atoms with E-state index in [9.17, 15) is 8.78 Å². The van der Waals surface area contributed by atoms with Gasteiger partial charge in [0.25, 0.3) is 6.43 Å². The molecule has 0 amide bonds. The topological polar surface area (TPSA) is 32.3 Å². The Kier molecular flexibility index (Phi) is 2.21. The van der Waals surface area contributed by atoms with Gasteiger partial charge < -0.3 is 10.4 Å². The number of halogens is 2. The van der Waals surface area contributed by atoms with Crippen molar-refractivity contribution in [2.45, 2.75) is 24.8 Å². The number of aliphatic hydroxyl groups excluding tert-OH is 1. The summed E-state index contributed by atoms with van der Waals surface area (Å²) in [7, 11) is 0. The zero-order chi connectivity index (χ0) is 7.61. The molecule has 2 N–H and O–H groups in total. The molecule has 0 heterocycles. The molecule has 0 aromatic rings. The van der Waals surface area contributed by atoms with Crippen molar-refractivity contribution in [2.75, 3.05) is 13.2 Å². The predicted octanol–water partition coefficient (Wildman–Crippen LogP) is 0.366. The number of nitrogens with one attached hydrogen (secondary N) is 1. The maximum Gasteiger partial charge on any atom is 0.250 e. The maximum absolute atomic E-state index is 11.6. The van der Waals surface area contributed by atoms with Gasteiger partial charge in [0.15, 0.2) is 0 Å². The standard InChI is InChI=1S/C6H11F2NO/c7-5(8)3-9-6(4-10)1-2-6/h5,9-10H,1-4H2. The first-order valence-electron chi connectivity index (χ1n) is 3.33. The van der Waals surface area contributed by atoms with Crippen LogP contribution in [0.4, 0.5) is 8.78 Å². The van der Waals surface area contributed by atoms with Crippen LogP contribution < -0.4 is 5.32 Å². The van der Waals surface area contributed by atoms with E-state index >= 15 is 0 Å². The van der Waals surface area contributed by atoms with Crippen molar-refractivity contribution >= 4 is 0 Å². The first-order chi connectivity index (χ1) is 4.68. The molecule has 10 heavy (non-hydrogen) atoms. The molecular formula is C6H11F2NO. The van der Waals surface area contributed by atoms with Gasteiger partial charge >= 0.3 is 0 Å². The Hall–Kier alpha value is -0.220. The van der Waals surface area contributed by atoms with Crippen molar-refractivity contribution in [2.24, 2.45) is 0 Å². The van der Waals surface area contributed by atoms with Crippen molar-refractivity contribution in [3.8, 4) is 0 Å². The molecule has 60 valence electrons. The molecule has 0 radical (unpaired) electrons. The van der Waals surface area contributed by atoms with Crippen LogP contribution in [0.2, 0.25) is 0 Å². The van der Waals surface area contributed by atoms with Gasteiger partial charge in [-0.3, -0.25) is 0 Å². The van der Waals surface area contributed by atoms with Crippen LogP contribution in [0, 0.1) is 0 Å². The van der Waals surface area contributed by atoms with Gasteiger partial charge in [0.2, 0.25) is 0 Å². The largest absolute Gasteiger partial charge is 0.394 e. The summed E-state index contributed by atoms with van der Waals surface area (Å²) in [5, 5.41) is 11.3. The Bertz CT molecular complexity index is 114. The molecule has 1 fully saturated rings. The molecular weight excluding hydrogens is 140 g/mol. The summed E-state index contributed by atoms with van der Waals surface area (Å²) in [6, 6.07) is 0. The van der Waals surface area contributed by atoms with E-state index in [1.165, 1.54) is 0 Å². The highest BCUT2D eigenvalue weighted by Gasteiger charge is 2.41. The second-order valence-corrected chi connectivity index (χ2v) is 2.71. The molecule has 0 saturated heterocycles. The zero-order valence-corrected chi connectivity index (χ0v) is 5.61. The fourth-order valence-corrected chi connectivity index (χ4v) is 0.835. The number of hydrogen-bond donors (Lipinski definition) is 2. The summed E-state index contributed by atoms with van der Waals surface area (Å²) < 4.78 is 23.2. The SMILES string of the molecule is OCC1(NCC(F)F)CC1. The highest BCUT2D eigenvalue weighted by atomic mass is 19.3. The van der Waals surface area contributed by atoms with E-state index in [4.69, 9.17) is 5.11 Å². The van der Waals surface area contributed by atoms with Crippen molar-refractivity contribution in [3.63, 3.8) is 0 Å². The lowest BCUT2D eigenvalue weighted by Gasteiger charge is -2.12. The summed E-state index contributed by atoms with van der Waals surface area (Å²) in [4.78, 5) is 0. The van der Waals surface area contributed by atoms with Crippen LogP contribution >= 0.6 is 0 Å². The monoisotopic (exact) mass is 151 g/mol. The summed E-state index contributed by atoms with van der Waals surface area (Å²) >= 11 is 0. The molecule has 1 saturated carbocycles. The summed E-state index contributed by atoms with van der Waals surface area (Å²) in [5.41, 5.74) is -0.351. The van der Waals surface area contributed by atoms with Gasteiger partial charge in [-0.1, -0.05) is 0 Å². The van der Waals surface area contributed by atoms with Crippen LogP contribution in [0.25, 0.3) is 0 Å². The Balaban J connectivity index is 2.13. The molecule has 0 aromatic heterocycles. The molecule has 0 atom stereocenters. The van der Waals surface area contributed by atoms with Gasteiger partial charge in [-0.05, 0) is 12.8 Å². The molecule has 0 spiro atoms. The normalized spacial score (nSPS) is 21.6. The molecule has 0 aromatic carbocycles. The lowest BCUT2D eigenvalue weighted by Crippen LogP contribution is -2.37. The van der Waals surface area contributed by atoms with Crippen molar-refractivity contribution < 1.29 is 13.9 Å². The highest BCUT2D eigenvalue weighted by Crippen LogP contribution is 2.34. The van der Waals surface area contributed by atoms with Gasteiger partial charge in [0, 0.05) is 5.54 Å². The highest BCUT2D eigenvalue weighted by molar-refractivity contribution is 5.01. The lowest BCUT2D eigenvalue weighted by molar-refractivity contribution is 0.130. The van der Waals surface area contributed by atoms with E-state index in [1.807, 2.05) is 0 Å². The molecule has 0 unspecified atom stereocenters. The predicted molar refractivity (Wildman–Crippen MR) is 33.1 cm³/mol. The van der Waals surface area contributed by atoms with Gasteiger partial charge in [-0.25, -0.2) is 8.78 Å². The van der Waals surface area contributed by atoms with Gasteiger partial charge in [-0.2, -0.15) is 0 Å². The molecule has 1 aliphatic rings. The smallest absolute Gasteiger partial charge is 0.250 e. The first kappa shape index (κ1) is 7.88. The molecule has 1 aliphatic carbocycles. The van der Waals surface area contributed by atoms with E-state index in [0.717, 1.165) is 12.8 Å². The Morgan fingerprint density at radius 2 is 2.10 bits per heavy atom. The minimum Gasteiger partial charge on any atom is -0.394 e. The Morgan fingerprint density at radius 3 is 2.40 bits per heavy atom.